The first-order chi connectivity index (χ1) is 21.7. The summed E-state index contributed by atoms with van der Waals surface area (Å²) in [6.45, 7) is 11.0. The minimum atomic E-state index is -0.0599. The van der Waals surface area contributed by atoms with Crippen molar-refractivity contribution in [1.82, 2.24) is 4.98 Å². The molecule has 1 heterocycles. The van der Waals surface area contributed by atoms with E-state index in [9.17, 15) is 0 Å². The fraction of sp³-hybridized carbons (Fsp3) is 0.143. The number of oxazole rings is 1. The molecule has 0 radical (unpaired) electrons. The number of aliphatic imine (C=N–C) groups is 1. The SMILES string of the molecule is Cc1cc(C)cc(-c2ccc(-c3cc(C(C)(C)C)cc4oc(-c5ccccc5N=Cc5cccc6ccccc56)nc34)cc2)c1. The Kier molecular flexibility index (Phi) is 7.17. The van der Waals surface area contributed by atoms with Crippen LogP contribution in [0.5, 0.6) is 0 Å². The number of fused-ring (bicyclic) bond motifs is 2. The van der Waals surface area contributed by atoms with Gasteiger partial charge in [-0.2, -0.15) is 0 Å². The Bertz CT molecular complexity index is 2190. The van der Waals surface area contributed by atoms with Crippen LogP contribution in [0.1, 0.15) is 43.0 Å². The van der Waals surface area contributed by atoms with E-state index < -0.39 is 0 Å². The molecule has 220 valence electrons. The van der Waals surface area contributed by atoms with Gasteiger partial charge in [-0.3, -0.25) is 4.99 Å². The molecule has 0 unspecified atom stereocenters. The molecule has 0 saturated heterocycles. The van der Waals surface area contributed by atoms with Crippen LogP contribution in [-0.4, -0.2) is 11.2 Å². The Labute approximate surface area is 264 Å². The third-order valence-corrected chi connectivity index (χ3v) is 8.41. The molecule has 0 fully saturated rings. The zero-order chi connectivity index (χ0) is 31.1. The van der Waals surface area contributed by atoms with Gasteiger partial charge in [0.25, 0.3) is 0 Å². The zero-order valence-corrected chi connectivity index (χ0v) is 26.4. The first-order valence-electron chi connectivity index (χ1n) is 15.5. The van der Waals surface area contributed by atoms with Gasteiger partial charge in [-0.05, 0) is 76.6 Å². The second-order valence-corrected chi connectivity index (χ2v) is 12.9. The molecule has 0 N–H and O–H groups in total. The largest absolute Gasteiger partial charge is 0.436 e. The van der Waals surface area contributed by atoms with Crippen LogP contribution in [0.2, 0.25) is 0 Å². The number of rotatable bonds is 5. The molecule has 0 aliphatic rings. The molecule has 7 rings (SSSR count). The summed E-state index contributed by atoms with van der Waals surface area (Å²) in [5, 5.41) is 2.36. The van der Waals surface area contributed by atoms with E-state index in [2.05, 4.69) is 132 Å². The molecule has 0 amide bonds. The van der Waals surface area contributed by atoms with E-state index in [1.165, 1.54) is 38.6 Å². The van der Waals surface area contributed by atoms with Crippen molar-refractivity contribution in [2.24, 2.45) is 4.99 Å². The Balaban J connectivity index is 1.32. The van der Waals surface area contributed by atoms with Crippen molar-refractivity contribution in [2.75, 3.05) is 0 Å². The highest BCUT2D eigenvalue weighted by atomic mass is 16.3. The summed E-state index contributed by atoms with van der Waals surface area (Å²) in [5.74, 6) is 0.565. The smallest absolute Gasteiger partial charge is 0.229 e. The Morgan fingerprint density at radius 1 is 0.644 bits per heavy atom. The molecule has 3 heteroatoms. The average Bonchev–Trinajstić information content (AvgIpc) is 3.47. The maximum Gasteiger partial charge on any atom is 0.229 e. The number of hydrogen-bond acceptors (Lipinski definition) is 3. The van der Waals surface area contributed by atoms with Gasteiger partial charge in [0.05, 0.1) is 11.3 Å². The molecule has 0 spiro atoms. The topological polar surface area (TPSA) is 38.4 Å². The van der Waals surface area contributed by atoms with Crippen LogP contribution >= 0.6 is 0 Å². The maximum atomic E-state index is 6.55. The van der Waals surface area contributed by atoms with Crippen LogP contribution in [0, 0.1) is 13.8 Å². The van der Waals surface area contributed by atoms with Gasteiger partial charge in [-0.25, -0.2) is 4.98 Å². The number of aromatic nitrogens is 1. The van der Waals surface area contributed by atoms with Gasteiger partial charge in [0.1, 0.15) is 5.52 Å². The molecular formula is C42H36N2O. The maximum absolute atomic E-state index is 6.55. The van der Waals surface area contributed by atoms with Gasteiger partial charge in [0.15, 0.2) is 5.58 Å². The molecule has 3 nitrogen and oxygen atoms in total. The highest BCUT2D eigenvalue weighted by Gasteiger charge is 2.21. The van der Waals surface area contributed by atoms with Gasteiger partial charge < -0.3 is 4.42 Å². The quantitative estimate of drug-likeness (QED) is 0.189. The van der Waals surface area contributed by atoms with Crippen molar-refractivity contribution in [2.45, 2.75) is 40.0 Å². The zero-order valence-electron chi connectivity index (χ0n) is 26.4. The molecule has 45 heavy (non-hydrogen) atoms. The van der Waals surface area contributed by atoms with E-state index in [-0.39, 0.29) is 5.41 Å². The van der Waals surface area contributed by atoms with Crippen LogP contribution in [0.3, 0.4) is 0 Å². The minimum absolute atomic E-state index is 0.0599. The molecule has 1 aromatic heterocycles. The van der Waals surface area contributed by atoms with Crippen molar-refractivity contribution in [1.29, 1.82) is 0 Å². The van der Waals surface area contributed by atoms with E-state index in [1.54, 1.807) is 0 Å². The molecule has 0 bridgehead atoms. The van der Waals surface area contributed by atoms with E-state index in [0.717, 1.165) is 39.0 Å². The summed E-state index contributed by atoms with van der Waals surface area (Å²) in [4.78, 5) is 10.0. The lowest BCUT2D eigenvalue weighted by Crippen LogP contribution is -2.11. The average molecular weight is 585 g/mol. The lowest BCUT2D eigenvalue weighted by molar-refractivity contribution is 0.584. The van der Waals surface area contributed by atoms with Crippen molar-refractivity contribution >= 4 is 33.8 Å². The molecule has 0 aliphatic carbocycles. The van der Waals surface area contributed by atoms with Crippen LogP contribution in [0.15, 0.2) is 131 Å². The van der Waals surface area contributed by atoms with E-state index in [1.807, 2.05) is 30.5 Å². The molecule has 6 aromatic carbocycles. The van der Waals surface area contributed by atoms with E-state index >= 15 is 0 Å². The summed E-state index contributed by atoms with van der Waals surface area (Å²) in [7, 11) is 0. The Morgan fingerprint density at radius 3 is 2.11 bits per heavy atom. The summed E-state index contributed by atoms with van der Waals surface area (Å²) >= 11 is 0. The first-order valence-corrected chi connectivity index (χ1v) is 15.5. The molecule has 0 aliphatic heterocycles. The monoisotopic (exact) mass is 584 g/mol. The highest BCUT2D eigenvalue weighted by molar-refractivity contribution is 6.01. The first kappa shape index (κ1) is 28.5. The van der Waals surface area contributed by atoms with Gasteiger partial charge >= 0.3 is 0 Å². The number of benzene rings is 6. The summed E-state index contributed by atoms with van der Waals surface area (Å²) in [5.41, 5.74) is 12.7. The summed E-state index contributed by atoms with van der Waals surface area (Å²) in [6, 6.07) is 42.6. The molecule has 0 atom stereocenters. The molecule has 7 aromatic rings. The third-order valence-electron chi connectivity index (χ3n) is 8.41. The fourth-order valence-corrected chi connectivity index (χ4v) is 6.05. The minimum Gasteiger partial charge on any atom is -0.436 e. The lowest BCUT2D eigenvalue weighted by Gasteiger charge is -2.20. The number of aryl methyl sites for hydroxylation is 2. The van der Waals surface area contributed by atoms with E-state index in [4.69, 9.17) is 14.4 Å². The number of para-hydroxylation sites is 1. The standard InChI is InChI=1S/C42H36N2O/c1-27-21-28(2)23-33(22-27)29-17-19-31(20-18-29)37-24-34(42(3,4)5)25-39-40(37)44-41(45-39)36-15-8-9-16-38(36)43-26-32-13-10-12-30-11-6-7-14-35(30)32/h6-26H,1-5H3. The van der Waals surface area contributed by atoms with Gasteiger partial charge in [-0.15, -0.1) is 0 Å². The van der Waals surface area contributed by atoms with Crippen molar-refractivity contribution in [3.8, 4) is 33.7 Å². The van der Waals surface area contributed by atoms with Gasteiger partial charge in [0.2, 0.25) is 5.89 Å². The number of nitrogens with zero attached hydrogens (tertiary/aromatic N) is 2. The van der Waals surface area contributed by atoms with Gasteiger partial charge in [-0.1, -0.05) is 129 Å². The Hall–Kier alpha value is -5.28. The highest BCUT2D eigenvalue weighted by Crippen LogP contribution is 2.39. The van der Waals surface area contributed by atoms with E-state index in [0.29, 0.717) is 5.89 Å². The van der Waals surface area contributed by atoms with Crippen LogP contribution in [-0.2, 0) is 5.41 Å². The predicted molar refractivity (Wildman–Crippen MR) is 190 cm³/mol. The normalized spacial score (nSPS) is 12.0. The number of hydrogen-bond donors (Lipinski definition) is 0. The molecule has 0 saturated carbocycles. The van der Waals surface area contributed by atoms with Crippen LogP contribution < -0.4 is 0 Å². The Morgan fingerprint density at radius 2 is 1.33 bits per heavy atom. The van der Waals surface area contributed by atoms with Crippen molar-refractivity contribution in [3.05, 3.63) is 144 Å². The predicted octanol–water partition coefficient (Wildman–Crippen LogP) is 11.6. The second-order valence-electron chi connectivity index (χ2n) is 12.9. The van der Waals surface area contributed by atoms with Gasteiger partial charge in [0, 0.05) is 17.3 Å². The third kappa shape index (κ3) is 5.70. The van der Waals surface area contributed by atoms with Crippen LogP contribution in [0.4, 0.5) is 5.69 Å². The fourth-order valence-electron chi connectivity index (χ4n) is 6.05. The van der Waals surface area contributed by atoms with Crippen molar-refractivity contribution in [3.63, 3.8) is 0 Å². The lowest BCUT2D eigenvalue weighted by atomic mass is 9.85. The second kappa shape index (κ2) is 11.3. The summed E-state index contributed by atoms with van der Waals surface area (Å²) in [6.07, 6.45) is 1.93. The van der Waals surface area contributed by atoms with Crippen molar-refractivity contribution < 1.29 is 4.42 Å². The summed E-state index contributed by atoms with van der Waals surface area (Å²) < 4.78 is 6.55. The van der Waals surface area contributed by atoms with Crippen LogP contribution in [0.25, 0.3) is 55.6 Å². The molecular weight excluding hydrogens is 548 g/mol.